The van der Waals surface area contributed by atoms with E-state index in [1.807, 2.05) is 12.1 Å². The molecule has 33 heavy (non-hydrogen) atoms. The molecule has 7 nitrogen and oxygen atoms in total. The number of aromatic nitrogens is 3. The van der Waals surface area contributed by atoms with Crippen LogP contribution in [0.4, 0.5) is 23.5 Å². The van der Waals surface area contributed by atoms with E-state index in [4.69, 9.17) is 0 Å². The molecule has 1 amide bonds. The predicted molar refractivity (Wildman–Crippen MR) is 109 cm³/mol. The number of halogens is 4. The third-order valence-corrected chi connectivity index (χ3v) is 7.92. The van der Waals surface area contributed by atoms with E-state index in [1.165, 1.54) is 0 Å². The molecule has 0 bridgehead atoms. The summed E-state index contributed by atoms with van der Waals surface area (Å²) in [6.45, 7) is 1.28. The van der Waals surface area contributed by atoms with Crippen molar-refractivity contribution in [2.75, 3.05) is 18.4 Å². The van der Waals surface area contributed by atoms with Crippen molar-refractivity contribution in [2.45, 2.75) is 62.5 Å². The molecule has 3 aliphatic carbocycles. The lowest BCUT2D eigenvalue weighted by Crippen LogP contribution is -2.61. The standard InChI is InChI=1S/C22H25F4N5O2/c23-21(24)8-13(21)17(32)28-19-27-16-3-1-2-15(31(16)29-19)12-4-6-20(7-5-12)10-30(11-20)18(33)14-9-22(14,25)26/h1-3,12-14,18,33H,4-11H2,(H,28,29,32). The third-order valence-electron chi connectivity index (χ3n) is 7.92. The number of anilines is 1. The molecule has 2 aromatic heterocycles. The summed E-state index contributed by atoms with van der Waals surface area (Å²) in [4.78, 5) is 18.0. The number of likely N-dealkylation sites (tertiary alicyclic amines) is 1. The van der Waals surface area contributed by atoms with Gasteiger partial charge >= 0.3 is 0 Å². The summed E-state index contributed by atoms with van der Waals surface area (Å²) in [5.74, 6) is -8.46. The smallest absolute Gasteiger partial charge is 0.260 e. The maximum atomic E-state index is 13.3. The summed E-state index contributed by atoms with van der Waals surface area (Å²) in [6, 6.07) is 5.57. The van der Waals surface area contributed by atoms with Gasteiger partial charge in [-0.05, 0) is 43.2 Å². The van der Waals surface area contributed by atoms with Crippen molar-refractivity contribution in [1.29, 1.82) is 0 Å². The highest BCUT2D eigenvalue weighted by atomic mass is 19.3. The van der Waals surface area contributed by atoms with Crippen LogP contribution >= 0.6 is 0 Å². The van der Waals surface area contributed by atoms with Crippen molar-refractivity contribution in [2.24, 2.45) is 17.3 Å². The number of alkyl halides is 4. The van der Waals surface area contributed by atoms with Crippen LogP contribution in [0.3, 0.4) is 0 Å². The Morgan fingerprint density at radius 1 is 1.12 bits per heavy atom. The van der Waals surface area contributed by atoms with Crippen LogP contribution in [0.25, 0.3) is 5.65 Å². The van der Waals surface area contributed by atoms with Gasteiger partial charge in [0.2, 0.25) is 11.9 Å². The summed E-state index contributed by atoms with van der Waals surface area (Å²) < 4.78 is 54.5. The van der Waals surface area contributed by atoms with E-state index in [2.05, 4.69) is 15.4 Å². The fraction of sp³-hybridized carbons (Fsp3) is 0.682. The molecule has 3 unspecified atom stereocenters. The fourth-order valence-electron chi connectivity index (χ4n) is 5.64. The van der Waals surface area contributed by atoms with Gasteiger partial charge in [-0.15, -0.1) is 5.10 Å². The second-order valence-corrected chi connectivity index (χ2v) is 10.3. The van der Waals surface area contributed by atoms with Gasteiger partial charge in [0, 0.05) is 37.5 Å². The second kappa shape index (κ2) is 6.88. The first-order valence-electron chi connectivity index (χ1n) is 11.4. The molecule has 4 aliphatic rings. The van der Waals surface area contributed by atoms with E-state index in [0.717, 1.165) is 31.4 Å². The number of carbonyl (C=O) groups is 1. The van der Waals surface area contributed by atoms with E-state index in [0.29, 0.717) is 18.7 Å². The first-order valence-corrected chi connectivity index (χ1v) is 11.4. The van der Waals surface area contributed by atoms with Gasteiger partial charge in [-0.1, -0.05) is 6.07 Å². The molecule has 178 valence electrons. The molecule has 2 aromatic rings. The first kappa shape index (κ1) is 21.3. The van der Waals surface area contributed by atoms with E-state index in [1.54, 1.807) is 15.5 Å². The van der Waals surface area contributed by atoms with Crippen molar-refractivity contribution in [3.63, 3.8) is 0 Å². The monoisotopic (exact) mass is 467 g/mol. The van der Waals surface area contributed by atoms with E-state index in [-0.39, 0.29) is 23.7 Å². The number of aliphatic hydroxyl groups is 1. The summed E-state index contributed by atoms with van der Waals surface area (Å²) in [7, 11) is 0. The fourth-order valence-corrected chi connectivity index (χ4v) is 5.64. The minimum Gasteiger partial charge on any atom is -0.378 e. The van der Waals surface area contributed by atoms with Gasteiger partial charge in [0.15, 0.2) is 5.65 Å². The van der Waals surface area contributed by atoms with Crippen LogP contribution in [-0.4, -0.2) is 61.7 Å². The SMILES string of the molecule is O=C(Nc1nc2cccc(C3CCC4(CC3)CN(C(O)C3CC3(F)F)C4)n2n1)C1CC1(F)F. The Hall–Kier alpha value is -2.27. The van der Waals surface area contributed by atoms with Crippen molar-refractivity contribution in [1.82, 2.24) is 19.5 Å². The molecule has 4 fully saturated rings. The molecule has 3 atom stereocenters. The highest BCUT2D eigenvalue weighted by Crippen LogP contribution is 2.55. The summed E-state index contributed by atoms with van der Waals surface area (Å²) >= 11 is 0. The van der Waals surface area contributed by atoms with E-state index >= 15 is 0 Å². The Morgan fingerprint density at radius 3 is 2.39 bits per heavy atom. The number of carbonyl (C=O) groups excluding carboxylic acids is 1. The van der Waals surface area contributed by atoms with Gasteiger partial charge in [0.1, 0.15) is 12.1 Å². The molecule has 0 radical (unpaired) electrons. The van der Waals surface area contributed by atoms with Gasteiger partial charge in [-0.3, -0.25) is 15.0 Å². The molecular formula is C22H25F4N5O2. The van der Waals surface area contributed by atoms with Crippen LogP contribution in [0.1, 0.15) is 50.1 Å². The Balaban J connectivity index is 1.10. The Bertz CT molecular complexity index is 1110. The lowest BCUT2D eigenvalue weighted by molar-refractivity contribution is -0.143. The largest absolute Gasteiger partial charge is 0.378 e. The molecule has 0 aromatic carbocycles. The second-order valence-electron chi connectivity index (χ2n) is 10.3. The summed E-state index contributed by atoms with van der Waals surface area (Å²) in [6.07, 6.45) is 1.89. The number of hydrogen-bond acceptors (Lipinski definition) is 5. The molecule has 1 saturated heterocycles. The van der Waals surface area contributed by atoms with Gasteiger partial charge in [0.05, 0.1) is 5.92 Å². The van der Waals surface area contributed by atoms with Crippen LogP contribution in [0, 0.1) is 17.3 Å². The minimum atomic E-state index is -2.95. The number of nitrogens with zero attached hydrogens (tertiary/aromatic N) is 4. The summed E-state index contributed by atoms with van der Waals surface area (Å²) in [5, 5.41) is 16.9. The molecule has 2 N–H and O–H groups in total. The lowest BCUT2D eigenvalue weighted by atomic mass is 9.65. The van der Waals surface area contributed by atoms with Crippen molar-refractivity contribution in [3.8, 4) is 0 Å². The number of amides is 1. The summed E-state index contributed by atoms with van der Waals surface area (Å²) in [5.41, 5.74) is 1.54. The molecule has 6 rings (SSSR count). The molecule has 11 heteroatoms. The van der Waals surface area contributed by atoms with Crippen molar-refractivity contribution in [3.05, 3.63) is 23.9 Å². The van der Waals surface area contributed by atoms with Crippen LogP contribution in [0.15, 0.2) is 18.2 Å². The first-order chi connectivity index (χ1) is 15.6. The van der Waals surface area contributed by atoms with Gasteiger partial charge in [-0.2, -0.15) is 4.98 Å². The Kier molecular flexibility index (Phi) is 4.43. The average molecular weight is 467 g/mol. The zero-order valence-corrected chi connectivity index (χ0v) is 17.9. The number of nitrogens with one attached hydrogen (secondary N) is 1. The number of aliphatic hydroxyl groups excluding tert-OH is 1. The van der Waals surface area contributed by atoms with Crippen LogP contribution in [0.2, 0.25) is 0 Å². The normalized spacial score (nSPS) is 30.7. The highest BCUT2D eigenvalue weighted by Gasteiger charge is 2.63. The molecular weight excluding hydrogens is 442 g/mol. The van der Waals surface area contributed by atoms with E-state index in [9.17, 15) is 27.5 Å². The predicted octanol–water partition coefficient (Wildman–Crippen LogP) is 3.26. The van der Waals surface area contributed by atoms with E-state index < -0.39 is 42.2 Å². The van der Waals surface area contributed by atoms with Crippen LogP contribution < -0.4 is 5.32 Å². The average Bonchev–Trinajstić information content (AvgIpc) is 3.51. The molecule has 3 saturated carbocycles. The number of rotatable bonds is 5. The highest BCUT2D eigenvalue weighted by molar-refractivity contribution is 5.94. The molecule has 3 heterocycles. The van der Waals surface area contributed by atoms with Gasteiger partial charge < -0.3 is 5.11 Å². The molecule has 1 spiro atoms. The Labute approximate surface area is 187 Å². The van der Waals surface area contributed by atoms with Crippen molar-refractivity contribution >= 4 is 17.5 Å². The molecule has 1 aliphatic heterocycles. The zero-order chi connectivity index (χ0) is 23.2. The number of fused-ring (bicyclic) bond motifs is 1. The van der Waals surface area contributed by atoms with Gasteiger partial charge in [0.25, 0.3) is 11.8 Å². The maximum Gasteiger partial charge on any atom is 0.260 e. The topological polar surface area (TPSA) is 82.8 Å². The third kappa shape index (κ3) is 3.60. The zero-order valence-electron chi connectivity index (χ0n) is 17.9. The minimum absolute atomic E-state index is 0.0166. The lowest BCUT2D eigenvalue weighted by Gasteiger charge is -2.55. The number of pyridine rings is 1. The van der Waals surface area contributed by atoms with Crippen LogP contribution in [-0.2, 0) is 4.79 Å². The van der Waals surface area contributed by atoms with Crippen molar-refractivity contribution < 1.29 is 27.5 Å². The Morgan fingerprint density at radius 2 is 1.79 bits per heavy atom. The van der Waals surface area contributed by atoms with Crippen LogP contribution in [0.5, 0.6) is 0 Å². The maximum absolute atomic E-state index is 13.3. The quantitative estimate of drug-likeness (QED) is 0.660. The van der Waals surface area contributed by atoms with Gasteiger partial charge in [-0.25, -0.2) is 22.1 Å². The number of hydrogen-bond donors (Lipinski definition) is 2.